The molecule has 2 aliphatic heterocycles. The van der Waals surface area contributed by atoms with Gasteiger partial charge in [-0.1, -0.05) is 69.1 Å². The van der Waals surface area contributed by atoms with Gasteiger partial charge in [-0.05, 0) is 73.9 Å². The number of carbonyl (C=O) groups excluding carboxylic acids is 2. The summed E-state index contributed by atoms with van der Waals surface area (Å²) in [6.45, 7) is 9.55. The number of benzene rings is 2. The first-order valence-corrected chi connectivity index (χ1v) is 14.9. The highest BCUT2D eigenvalue weighted by atomic mass is 35.5. The largest absolute Gasteiger partial charge is 0.337 e. The molecule has 38 heavy (non-hydrogen) atoms. The van der Waals surface area contributed by atoms with E-state index in [1.165, 1.54) is 6.42 Å². The molecule has 6 heteroatoms. The highest BCUT2D eigenvalue weighted by molar-refractivity contribution is 6.30. The summed E-state index contributed by atoms with van der Waals surface area (Å²) in [5, 5.41) is 0.711. The van der Waals surface area contributed by atoms with Crippen LogP contribution in [0.3, 0.4) is 0 Å². The Labute approximate surface area is 234 Å². The fraction of sp³-hybridized carbons (Fsp3) is 0.562. The predicted molar refractivity (Wildman–Crippen MR) is 156 cm³/mol. The third-order valence-electron chi connectivity index (χ3n) is 8.24. The number of piperidine rings is 1. The minimum atomic E-state index is 0.151. The lowest BCUT2D eigenvalue weighted by molar-refractivity contribution is -0.133. The third-order valence-corrected chi connectivity index (χ3v) is 8.49. The summed E-state index contributed by atoms with van der Waals surface area (Å²) in [5.74, 6) is 0.958. The summed E-state index contributed by atoms with van der Waals surface area (Å²) in [4.78, 5) is 33.7. The number of aryl methyl sites for hydroxylation is 1. The molecule has 4 rings (SSSR count). The molecule has 1 saturated heterocycles. The molecule has 0 spiro atoms. The van der Waals surface area contributed by atoms with Gasteiger partial charge in [-0.25, -0.2) is 0 Å². The number of rotatable bonds is 7. The number of fused-ring (bicyclic) bond motifs is 3. The van der Waals surface area contributed by atoms with E-state index in [1.54, 1.807) is 0 Å². The van der Waals surface area contributed by atoms with Gasteiger partial charge in [0, 0.05) is 55.3 Å². The number of hydrogen-bond acceptors (Lipinski definition) is 3. The van der Waals surface area contributed by atoms with Crippen molar-refractivity contribution in [3.05, 3.63) is 64.7 Å². The lowest BCUT2D eigenvalue weighted by atomic mass is 9.92. The second-order valence-electron chi connectivity index (χ2n) is 11.4. The van der Waals surface area contributed by atoms with Crippen molar-refractivity contribution in [2.45, 2.75) is 90.8 Å². The van der Waals surface area contributed by atoms with Crippen LogP contribution in [0.2, 0.25) is 5.02 Å². The maximum atomic E-state index is 13.8. The van der Waals surface area contributed by atoms with E-state index in [-0.39, 0.29) is 11.8 Å². The highest BCUT2D eigenvalue weighted by Gasteiger charge is 2.34. The van der Waals surface area contributed by atoms with E-state index in [9.17, 15) is 9.59 Å². The molecule has 206 valence electrons. The van der Waals surface area contributed by atoms with E-state index in [2.05, 4.69) is 35.8 Å². The summed E-state index contributed by atoms with van der Waals surface area (Å²) < 4.78 is 0. The average molecular weight is 538 g/mol. The molecule has 0 radical (unpaired) electrons. The van der Waals surface area contributed by atoms with Gasteiger partial charge in [0.2, 0.25) is 11.8 Å². The molecule has 0 aromatic heterocycles. The number of amides is 2. The lowest BCUT2D eigenvalue weighted by Crippen LogP contribution is -2.53. The Balaban J connectivity index is 1.65. The second-order valence-corrected chi connectivity index (χ2v) is 11.8. The van der Waals surface area contributed by atoms with Crippen LogP contribution in [0.4, 0.5) is 5.69 Å². The molecule has 0 N–H and O–H groups in total. The van der Waals surface area contributed by atoms with Crippen LogP contribution in [0.15, 0.2) is 48.5 Å². The van der Waals surface area contributed by atoms with Crippen LogP contribution in [0.25, 0.3) is 0 Å². The molecule has 2 amide bonds. The highest BCUT2D eigenvalue weighted by Crippen LogP contribution is 2.31. The minimum Gasteiger partial charge on any atom is -0.337 e. The second kappa shape index (κ2) is 13.6. The minimum absolute atomic E-state index is 0.151. The normalized spacial score (nSPS) is 20.7. The first-order chi connectivity index (χ1) is 18.4. The molecular weight excluding hydrogens is 494 g/mol. The Morgan fingerprint density at radius 2 is 1.71 bits per heavy atom. The number of hydrogen-bond donors (Lipinski definition) is 0. The van der Waals surface area contributed by atoms with Gasteiger partial charge in [0.1, 0.15) is 0 Å². The fourth-order valence-electron chi connectivity index (χ4n) is 6.03. The smallest absolute Gasteiger partial charge is 0.226 e. The van der Waals surface area contributed by atoms with E-state index in [0.29, 0.717) is 48.8 Å². The van der Waals surface area contributed by atoms with Crippen LogP contribution in [-0.4, -0.2) is 53.3 Å². The van der Waals surface area contributed by atoms with E-state index in [1.807, 2.05) is 48.2 Å². The van der Waals surface area contributed by atoms with Crippen LogP contribution in [0.1, 0.15) is 76.8 Å². The summed E-state index contributed by atoms with van der Waals surface area (Å²) >= 11 is 6.06. The summed E-state index contributed by atoms with van der Waals surface area (Å²) in [6, 6.07) is 16.8. The zero-order valence-corrected chi connectivity index (χ0v) is 24.1. The molecule has 2 aliphatic rings. The summed E-state index contributed by atoms with van der Waals surface area (Å²) in [7, 11) is 0. The maximum absolute atomic E-state index is 13.8. The van der Waals surface area contributed by atoms with Crippen molar-refractivity contribution in [2.75, 3.05) is 24.5 Å². The molecule has 2 aromatic rings. The topological polar surface area (TPSA) is 43.9 Å². The van der Waals surface area contributed by atoms with Gasteiger partial charge in [-0.15, -0.1) is 0 Å². The first kappa shape index (κ1) is 28.6. The van der Waals surface area contributed by atoms with Crippen molar-refractivity contribution in [3.8, 4) is 0 Å². The maximum Gasteiger partial charge on any atom is 0.226 e. The predicted octanol–water partition coefficient (Wildman–Crippen LogP) is 6.72. The van der Waals surface area contributed by atoms with Gasteiger partial charge in [-0.2, -0.15) is 0 Å². The Kier molecular flexibility index (Phi) is 10.3. The SMILES string of the molecule is CCC(=O)N1CCC2CCCC(CN(C(=O)CCc3ccc(Cl)cc3)Cc3ccccc31)N2CCC(C)C. The van der Waals surface area contributed by atoms with Crippen molar-refractivity contribution < 1.29 is 9.59 Å². The van der Waals surface area contributed by atoms with Crippen LogP contribution >= 0.6 is 11.6 Å². The molecule has 2 atom stereocenters. The van der Waals surface area contributed by atoms with Gasteiger partial charge in [0.05, 0.1) is 0 Å². The Morgan fingerprint density at radius 3 is 2.45 bits per heavy atom. The quantitative estimate of drug-likeness (QED) is 0.394. The van der Waals surface area contributed by atoms with Crippen molar-refractivity contribution in [3.63, 3.8) is 0 Å². The molecular formula is C32H44ClN3O2. The van der Waals surface area contributed by atoms with Crippen molar-refractivity contribution >= 4 is 29.1 Å². The number of nitrogens with zero attached hydrogens (tertiary/aromatic N) is 3. The number of anilines is 1. The number of halogens is 1. The molecule has 2 bridgehead atoms. The average Bonchev–Trinajstić information content (AvgIpc) is 2.92. The molecule has 2 aromatic carbocycles. The van der Waals surface area contributed by atoms with Gasteiger partial charge in [-0.3, -0.25) is 14.5 Å². The van der Waals surface area contributed by atoms with E-state index in [4.69, 9.17) is 11.6 Å². The van der Waals surface area contributed by atoms with E-state index >= 15 is 0 Å². The van der Waals surface area contributed by atoms with Crippen molar-refractivity contribution in [1.29, 1.82) is 0 Å². The first-order valence-electron chi connectivity index (χ1n) is 14.5. The Bertz CT molecular complexity index is 1070. The zero-order chi connectivity index (χ0) is 27.1. The van der Waals surface area contributed by atoms with Gasteiger partial charge in [0.25, 0.3) is 0 Å². The van der Waals surface area contributed by atoms with Gasteiger partial charge < -0.3 is 9.80 Å². The molecule has 2 heterocycles. The van der Waals surface area contributed by atoms with Crippen LogP contribution < -0.4 is 4.90 Å². The molecule has 5 nitrogen and oxygen atoms in total. The third kappa shape index (κ3) is 7.39. The standard InChI is InChI=1S/C32H44ClN3O2/c1-4-31(37)36-21-19-28-9-7-10-29(35(28)20-18-24(2)3)23-34(22-26-8-5-6-11-30(26)36)32(38)17-14-25-12-15-27(33)16-13-25/h5-6,8,11-13,15-16,24,28-29H,4,7,9-10,14,17-23H2,1-3H3. The Hall–Kier alpha value is -2.37. The number of para-hydroxylation sites is 1. The summed E-state index contributed by atoms with van der Waals surface area (Å²) in [5.41, 5.74) is 3.14. The molecule has 0 aliphatic carbocycles. The van der Waals surface area contributed by atoms with Crippen LogP contribution in [-0.2, 0) is 22.6 Å². The van der Waals surface area contributed by atoms with Crippen LogP contribution in [0, 0.1) is 5.92 Å². The molecule has 0 saturated carbocycles. The van der Waals surface area contributed by atoms with Crippen molar-refractivity contribution in [1.82, 2.24) is 9.80 Å². The van der Waals surface area contributed by atoms with Crippen LogP contribution in [0.5, 0.6) is 0 Å². The Morgan fingerprint density at radius 1 is 0.974 bits per heavy atom. The van der Waals surface area contributed by atoms with E-state index in [0.717, 1.165) is 62.1 Å². The molecule has 1 fully saturated rings. The monoisotopic (exact) mass is 537 g/mol. The van der Waals surface area contributed by atoms with Gasteiger partial charge in [0.15, 0.2) is 0 Å². The number of carbonyl (C=O) groups is 2. The lowest BCUT2D eigenvalue weighted by Gasteiger charge is -2.44. The van der Waals surface area contributed by atoms with Gasteiger partial charge >= 0.3 is 0 Å². The summed E-state index contributed by atoms with van der Waals surface area (Å²) in [6.07, 6.45) is 7.21. The molecule has 2 unspecified atom stereocenters. The zero-order valence-electron chi connectivity index (χ0n) is 23.4. The fourth-order valence-corrected chi connectivity index (χ4v) is 6.15. The van der Waals surface area contributed by atoms with E-state index < -0.39 is 0 Å². The van der Waals surface area contributed by atoms with Crippen molar-refractivity contribution in [2.24, 2.45) is 5.92 Å².